The summed E-state index contributed by atoms with van der Waals surface area (Å²) in [6.07, 6.45) is 3.53. The van der Waals surface area contributed by atoms with Crippen molar-refractivity contribution >= 4 is 17.3 Å². The number of nitrogens with zero attached hydrogens (tertiary/aromatic N) is 2. The summed E-state index contributed by atoms with van der Waals surface area (Å²) in [6.45, 7) is 0.435. The Morgan fingerprint density at radius 2 is 2.31 bits per heavy atom. The highest BCUT2D eigenvalue weighted by molar-refractivity contribution is 6.33. The van der Waals surface area contributed by atoms with E-state index in [2.05, 4.69) is 10.3 Å². The van der Waals surface area contributed by atoms with Gasteiger partial charge in [0.05, 0.1) is 17.3 Å². The second kappa shape index (κ2) is 4.53. The van der Waals surface area contributed by atoms with Gasteiger partial charge in [0.25, 0.3) is 0 Å². The van der Waals surface area contributed by atoms with Gasteiger partial charge in [0, 0.05) is 19.4 Å². The quantitative estimate of drug-likeness (QED) is 0.893. The van der Waals surface area contributed by atoms with Gasteiger partial charge in [-0.3, -0.25) is 0 Å². The zero-order valence-electron chi connectivity index (χ0n) is 8.74. The van der Waals surface area contributed by atoms with Gasteiger partial charge in [-0.15, -0.1) is 0 Å². The Morgan fingerprint density at radius 1 is 1.50 bits per heavy atom. The number of aromatic nitrogens is 2. The van der Waals surface area contributed by atoms with Crippen LogP contribution in [-0.2, 0) is 13.6 Å². The van der Waals surface area contributed by atoms with Crippen LogP contribution in [0.3, 0.4) is 0 Å². The van der Waals surface area contributed by atoms with Gasteiger partial charge in [0.15, 0.2) is 0 Å². The van der Waals surface area contributed by atoms with E-state index in [9.17, 15) is 4.39 Å². The molecule has 5 heteroatoms. The van der Waals surface area contributed by atoms with Crippen LogP contribution >= 0.6 is 11.6 Å². The van der Waals surface area contributed by atoms with Crippen molar-refractivity contribution in [3.63, 3.8) is 0 Å². The molecule has 1 aromatic heterocycles. The Balaban J connectivity index is 2.14. The van der Waals surface area contributed by atoms with Gasteiger partial charge in [-0.1, -0.05) is 17.7 Å². The van der Waals surface area contributed by atoms with E-state index in [-0.39, 0.29) is 5.82 Å². The monoisotopic (exact) mass is 239 g/mol. The summed E-state index contributed by atoms with van der Waals surface area (Å²) in [4.78, 5) is 4.13. The Kier molecular flexibility index (Phi) is 3.10. The molecule has 0 aliphatic rings. The van der Waals surface area contributed by atoms with E-state index in [1.807, 2.05) is 17.8 Å². The topological polar surface area (TPSA) is 29.9 Å². The molecule has 1 heterocycles. The number of anilines is 1. The number of benzene rings is 1. The van der Waals surface area contributed by atoms with Crippen LogP contribution in [0.25, 0.3) is 0 Å². The third-order valence-electron chi connectivity index (χ3n) is 2.31. The van der Waals surface area contributed by atoms with E-state index >= 15 is 0 Å². The molecule has 0 spiro atoms. The molecule has 1 N–H and O–H groups in total. The third kappa shape index (κ3) is 2.17. The minimum Gasteiger partial charge on any atom is -0.374 e. The van der Waals surface area contributed by atoms with Crippen LogP contribution in [0, 0.1) is 5.82 Å². The molecule has 0 bridgehead atoms. The summed E-state index contributed by atoms with van der Waals surface area (Å²) < 4.78 is 15.3. The zero-order valence-corrected chi connectivity index (χ0v) is 9.50. The lowest BCUT2D eigenvalue weighted by molar-refractivity contribution is 0.629. The summed E-state index contributed by atoms with van der Waals surface area (Å²) >= 11 is 5.88. The van der Waals surface area contributed by atoms with E-state index < -0.39 is 0 Å². The second-order valence-electron chi connectivity index (χ2n) is 3.40. The van der Waals surface area contributed by atoms with Crippen molar-refractivity contribution in [2.75, 3.05) is 5.32 Å². The standard InChI is InChI=1S/C11H11ClFN3/c1-16-6-5-14-10(16)7-15-11-8(12)3-2-4-9(11)13/h2-6,15H,7H2,1H3. The third-order valence-corrected chi connectivity index (χ3v) is 2.62. The van der Waals surface area contributed by atoms with Crippen LogP contribution in [0.2, 0.25) is 5.02 Å². The maximum absolute atomic E-state index is 13.4. The van der Waals surface area contributed by atoms with Gasteiger partial charge < -0.3 is 9.88 Å². The number of rotatable bonds is 3. The Labute approximate surface area is 97.9 Å². The predicted molar refractivity (Wildman–Crippen MR) is 61.9 cm³/mol. The molecule has 0 radical (unpaired) electrons. The van der Waals surface area contributed by atoms with Crippen LogP contribution in [0.15, 0.2) is 30.6 Å². The molecule has 0 atom stereocenters. The summed E-state index contributed by atoms with van der Waals surface area (Å²) in [6, 6.07) is 4.58. The Hall–Kier alpha value is -1.55. The van der Waals surface area contributed by atoms with Crippen LogP contribution in [-0.4, -0.2) is 9.55 Å². The molecule has 0 unspecified atom stereocenters. The van der Waals surface area contributed by atoms with Gasteiger partial charge in [-0.2, -0.15) is 0 Å². The molecular formula is C11H11ClFN3. The first-order valence-corrected chi connectivity index (χ1v) is 5.20. The smallest absolute Gasteiger partial charge is 0.147 e. The number of nitrogens with one attached hydrogen (secondary N) is 1. The Bertz CT molecular complexity index is 475. The highest BCUT2D eigenvalue weighted by atomic mass is 35.5. The summed E-state index contributed by atoms with van der Waals surface area (Å²) in [5, 5.41) is 3.30. The van der Waals surface area contributed by atoms with Gasteiger partial charge in [-0.05, 0) is 12.1 Å². The maximum atomic E-state index is 13.4. The lowest BCUT2D eigenvalue weighted by atomic mass is 10.3. The van der Waals surface area contributed by atoms with Crippen molar-refractivity contribution in [2.24, 2.45) is 7.05 Å². The van der Waals surface area contributed by atoms with Crippen molar-refractivity contribution < 1.29 is 4.39 Å². The molecule has 1 aromatic carbocycles. The van der Waals surface area contributed by atoms with Crippen molar-refractivity contribution in [3.8, 4) is 0 Å². The highest BCUT2D eigenvalue weighted by Crippen LogP contribution is 2.24. The molecule has 0 aliphatic heterocycles. The lowest BCUT2D eigenvalue weighted by Gasteiger charge is -2.09. The molecule has 84 valence electrons. The molecule has 3 nitrogen and oxygen atoms in total. The largest absolute Gasteiger partial charge is 0.374 e. The van der Waals surface area contributed by atoms with Crippen LogP contribution in [0.5, 0.6) is 0 Å². The molecule has 0 fully saturated rings. The molecule has 16 heavy (non-hydrogen) atoms. The predicted octanol–water partition coefficient (Wildman–Crippen LogP) is 2.82. The Morgan fingerprint density at radius 3 is 2.94 bits per heavy atom. The van der Waals surface area contributed by atoms with E-state index in [1.54, 1.807) is 18.3 Å². The molecule has 0 aliphatic carbocycles. The molecule has 2 aromatic rings. The number of para-hydroxylation sites is 1. The minimum absolute atomic E-state index is 0.312. The van der Waals surface area contributed by atoms with E-state index in [4.69, 9.17) is 11.6 Å². The van der Waals surface area contributed by atoms with E-state index in [0.717, 1.165) is 5.82 Å². The number of halogens is 2. The van der Waals surface area contributed by atoms with E-state index in [0.29, 0.717) is 17.3 Å². The number of hydrogen-bond acceptors (Lipinski definition) is 2. The average Bonchev–Trinajstić information content (AvgIpc) is 2.64. The van der Waals surface area contributed by atoms with Gasteiger partial charge in [0.2, 0.25) is 0 Å². The summed E-state index contributed by atoms with van der Waals surface area (Å²) in [5.74, 6) is 0.459. The molecule has 2 rings (SSSR count). The van der Waals surface area contributed by atoms with Crippen LogP contribution in [0.1, 0.15) is 5.82 Å². The van der Waals surface area contributed by atoms with E-state index in [1.165, 1.54) is 6.07 Å². The second-order valence-corrected chi connectivity index (χ2v) is 3.81. The van der Waals surface area contributed by atoms with Gasteiger partial charge in [-0.25, -0.2) is 9.37 Å². The van der Waals surface area contributed by atoms with Crippen molar-refractivity contribution in [1.29, 1.82) is 0 Å². The molecule has 0 amide bonds. The van der Waals surface area contributed by atoms with Crippen molar-refractivity contribution in [2.45, 2.75) is 6.54 Å². The maximum Gasteiger partial charge on any atom is 0.147 e. The summed E-state index contributed by atoms with van der Waals surface area (Å²) in [5.41, 5.74) is 0.312. The van der Waals surface area contributed by atoms with Crippen molar-refractivity contribution in [3.05, 3.63) is 47.3 Å². The average molecular weight is 240 g/mol. The van der Waals surface area contributed by atoms with Crippen LogP contribution in [0.4, 0.5) is 10.1 Å². The first kappa shape index (κ1) is 11.0. The van der Waals surface area contributed by atoms with Gasteiger partial charge in [0.1, 0.15) is 11.6 Å². The molecule has 0 saturated heterocycles. The first-order chi connectivity index (χ1) is 7.68. The number of hydrogen-bond donors (Lipinski definition) is 1. The highest BCUT2D eigenvalue weighted by Gasteiger charge is 2.07. The normalized spacial score (nSPS) is 10.4. The zero-order chi connectivity index (χ0) is 11.5. The number of imidazole rings is 1. The van der Waals surface area contributed by atoms with Gasteiger partial charge >= 0.3 is 0 Å². The summed E-state index contributed by atoms with van der Waals surface area (Å²) in [7, 11) is 1.88. The molecular weight excluding hydrogens is 229 g/mol. The number of aryl methyl sites for hydroxylation is 1. The minimum atomic E-state index is -0.360. The molecule has 0 saturated carbocycles. The van der Waals surface area contributed by atoms with Crippen LogP contribution < -0.4 is 5.32 Å². The van der Waals surface area contributed by atoms with Crippen molar-refractivity contribution in [1.82, 2.24) is 9.55 Å². The SMILES string of the molecule is Cn1ccnc1CNc1c(F)cccc1Cl. The lowest BCUT2D eigenvalue weighted by Crippen LogP contribution is -2.07. The fraction of sp³-hybridized carbons (Fsp3) is 0.182. The first-order valence-electron chi connectivity index (χ1n) is 4.82. The fourth-order valence-corrected chi connectivity index (χ4v) is 1.63. The fourth-order valence-electron chi connectivity index (χ4n) is 1.40.